The highest BCUT2D eigenvalue weighted by atomic mass is 28.4. The van der Waals surface area contributed by atoms with E-state index in [9.17, 15) is 35.1 Å². The molecule has 0 aliphatic heterocycles. The molecule has 0 aliphatic carbocycles. The Balaban J connectivity index is 0.000000722. The van der Waals surface area contributed by atoms with Crippen molar-refractivity contribution in [2.75, 3.05) is 42.7 Å². The van der Waals surface area contributed by atoms with Gasteiger partial charge in [0.2, 0.25) is 5.82 Å². The monoisotopic (exact) mass is 548 g/mol. The Labute approximate surface area is 194 Å². The van der Waals surface area contributed by atoms with E-state index in [1.54, 1.807) is 0 Å². The lowest BCUT2D eigenvalue weighted by molar-refractivity contribution is -0.132. The van der Waals surface area contributed by atoms with E-state index >= 15 is 0 Å². The molecule has 0 radical (unpaired) electrons. The summed E-state index contributed by atoms with van der Waals surface area (Å²) in [5.74, 6) is -9.68. The molecule has 6 nitrogen and oxygen atoms in total. The van der Waals surface area contributed by atoms with E-state index in [1.807, 2.05) is 0 Å². The summed E-state index contributed by atoms with van der Waals surface area (Å²) in [4.78, 5) is 0. The predicted molar refractivity (Wildman–Crippen MR) is 108 cm³/mol. The molecule has 0 saturated carbocycles. The standard InChI is InChI=1S/C12H15F5O3Si.C6H13F3O3Si/c1-18-21(19-2,20-3)6-4-5-7-8(13)10(15)12(17)11(16)9(7)14;1-10-13(11-2,12-3)5-4-6(7,8)9/h4-6H2,1-3H3;4-5H2,1-3H3. The molecule has 0 heterocycles. The van der Waals surface area contributed by atoms with Crippen LogP contribution < -0.4 is 0 Å². The minimum Gasteiger partial charge on any atom is -0.377 e. The van der Waals surface area contributed by atoms with Gasteiger partial charge in [0.1, 0.15) is 0 Å². The Bertz CT molecular complexity index is 715. The Morgan fingerprint density at radius 1 is 0.559 bits per heavy atom. The van der Waals surface area contributed by atoms with Gasteiger partial charge >= 0.3 is 23.8 Å². The van der Waals surface area contributed by atoms with Gasteiger partial charge in [-0.15, -0.1) is 0 Å². The number of alkyl halides is 3. The van der Waals surface area contributed by atoms with Crippen LogP contribution in [0.5, 0.6) is 0 Å². The molecule has 1 rings (SSSR count). The highest BCUT2D eigenvalue weighted by Gasteiger charge is 2.42. The van der Waals surface area contributed by atoms with E-state index in [4.69, 9.17) is 26.6 Å². The summed E-state index contributed by atoms with van der Waals surface area (Å²) >= 11 is 0. The second-order valence-corrected chi connectivity index (χ2v) is 12.8. The molecule has 0 unspecified atom stereocenters. The maximum atomic E-state index is 13.5. The second-order valence-electron chi connectivity index (χ2n) is 6.61. The molecular weight excluding hydrogens is 520 g/mol. The smallest absolute Gasteiger partial charge is 0.377 e. The van der Waals surface area contributed by atoms with Crippen molar-refractivity contribution in [2.24, 2.45) is 0 Å². The lowest BCUT2D eigenvalue weighted by Crippen LogP contribution is -2.43. The summed E-state index contributed by atoms with van der Waals surface area (Å²) in [6, 6.07) is -0.0734. The zero-order valence-corrected chi connectivity index (χ0v) is 21.5. The fourth-order valence-electron chi connectivity index (χ4n) is 2.76. The van der Waals surface area contributed by atoms with Crippen molar-refractivity contribution in [1.29, 1.82) is 0 Å². The van der Waals surface area contributed by atoms with Crippen LogP contribution in [0.3, 0.4) is 0 Å². The zero-order valence-electron chi connectivity index (χ0n) is 19.5. The maximum absolute atomic E-state index is 13.5. The maximum Gasteiger partial charge on any atom is 0.500 e. The molecule has 0 atom stereocenters. The quantitative estimate of drug-likeness (QED) is 0.159. The molecular formula is C18H28F8O6Si2. The van der Waals surface area contributed by atoms with E-state index in [0.717, 1.165) is 0 Å². The van der Waals surface area contributed by atoms with E-state index in [0.29, 0.717) is 0 Å². The van der Waals surface area contributed by atoms with Gasteiger partial charge in [0, 0.05) is 66.7 Å². The first-order valence-corrected chi connectivity index (χ1v) is 13.5. The van der Waals surface area contributed by atoms with Gasteiger partial charge in [-0.1, -0.05) is 0 Å². The normalized spacial score (nSPS) is 12.5. The third-order valence-corrected chi connectivity index (χ3v) is 10.4. The summed E-state index contributed by atoms with van der Waals surface area (Å²) in [5, 5.41) is 0. The highest BCUT2D eigenvalue weighted by molar-refractivity contribution is 6.60. The predicted octanol–water partition coefficient (Wildman–Crippen LogP) is 5.01. The third-order valence-electron chi connectivity index (χ3n) is 4.79. The Hall–Kier alpha value is -1.15. The first-order chi connectivity index (χ1) is 15.7. The van der Waals surface area contributed by atoms with Crippen LogP contribution >= 0.6 is 0 Å². The first-order valence-electron chi connectivity index (χ1n) is 9.60. The van der Waals surface area contributed by atoms with Crippen LogP contribution in [0.2, 0.25) is 12.1 Å². The number of benzene rings is 1. The van der Waals surface area contributed by atoms with Gasteiger partial charge in [-0.2, -0.15) is 13.2 Å². The van der Waals surface area contributed by atoms with Gasteiger partial charge in [-0.3, -0.25) is 0 Å². The summed E-state index contributed by atoms with van der Waals surface area (Å²) in [6.07, 6.45) is -5.42. The fraction of sp³-hybridized carbons (Fsp3) is 0.667. The third kappa shape index (κ3) is 9.14. The average molecular weight is 549 g/mol. The average Bonchev–Trinajstić information content (AvgIpc) is 2.82. The van der Waals surface area contributed by atoms with E-state index in [-0.39, 0.29) is 24.9 Å². The van der Waals surface area contributed by atoms with Crippen molar-refractivity contribution in [3.63, 3.8) is 0 Å². The Kier molecular flexibility index (Phi) is 13.9. The molecule has 0 aliphatic rings. The van der Waals surface area contributed by atoms with Gasteiger partial charge in [-0.25, -0.2) is 22.0 Å². The SMILES string of the molecule is CO[Si](CCC(F)(F)F)(OC)OC.CO[Si](CCCc1c(F)c(F)c(F)c(F)c1F)(OC)OC. The molecule has 0 saturated heterocycles. The molecule has 16 heteroatoms. The number of hydrogen-bond acceptors (Lipinski definition) is 6. The van der Waals surface area contributed by atoms with E-state index < -0.39 is 64.9 Å². The van der Waals surface area contributed by atoms with Gasteiger partial charge in [0.05, 0.1) is 0 Å². The van der Waals surface area contributed by atoms with Crippen LogP contribution in [0.4, 0.5) is 35.1 Å². The van der Waals surface area contributed by atoms with E-state index in [1.165, 1.54) is 42.7 Å². The van der Waals surface area contributed by atoms with Crippen molar-refractivity contribution in [3.05, 3.63) is 34.6 Å². The lowest BCUT2D eigenvalue weighted by Gasteiger charge is -2.24. The highest BCUT2D eigenvalue weighted by Crippen LogP contribution is 2.27. The van der Waals surface area contributed by atoms with Crippen LogP contribution in [0, 0.1) is 29.1 Å². The minimum atomic E-state index is -4.20. The molecule has 0 N–H and O–H groups in total. The molecule has 0 fully saturated rings. The fourth-order valence-corrected chi connectivity index (χ4v) is 6.18. The number of hydrogen-bond donors (Lipinski definition) is 0. The van der Waals surface area contributed by atoms with Crippen LogP contribution in [0.25, 0.3) is 0 Å². The van der Waals surface area contributed by atoms with Crippen molar-refractivity contribution in [1.82, 2.24) is 0 Å². The molecule has 0 aromatic heterocycles. The van der Waals surface area contributed by atoms with Crippen molar-refractivity contribution in [3.8, 4) is 0 Å². The molecule has 34 heavy (non-hydrogen) atoms. The van der Waals surface area contributed by atoms with Crippen LogP contribution in [-0.4, -0.2) is 66.4 Å². The zero-order chi connectivity index (χ0) is 26.7. The summed E-state index contributed by atoms with van der Waals surface area (Å²) in [5.41, 5.74) is -0.849. The molecule has 0 spiro atoms. The summed E-state index contributed by atoms with van der Waals surface area (Å²) in [6.45, 7) is 0. The second kappa shape index (κ2) is 14.4. The van der Waals surface area contributed by atoms with Crippen molar-refractivity contribution in [2.45, 2.75) is 37.5 Å². The Morgan fingerprint density at radius 3 is 1.21 bits per heavy atom. The molecule has 0 amide bonds. The lowest BCUT2D eigenvalue weighted by atomic mass is 10.1. The molecule has 1 aromatic rings. The minimum absolute atomic E-state index is 0.0834. The topological polar surface area (TPSA) is 55.4 Å². The molecule has 1 aromatic carbocycles. The van der Waals surface area contributed by atoms with Crippen LogP contribution in [0.1, 0.15) is 18.4 Å². The van der Waals surface area contributed by atoms with Gasteiger partial charge in [0.25, 0.3) is 0 Å². The summed E-state index contributed by atoms with van der Waals surface area (Å²) in [7, 11) is 1.94. The number of rotatable bonds is 12. The molecule has 0 bridgehead atoms. The number of halogens is 8. The van der Waals surface area contributed by atoms with E-state index in [2.05, 4.69) is 0 Å². The van der Waals surface area contributed by atoms with Crippen LogP contribution in [0.15, 0.2) is 0 Å². The molecule has 200 valence electrons. The largest absolute Gasteiger partial charge is 0.500 e. The summed E-state index contributed by atoms with van der Waals surface area (Å²) < 4.78 is 131. The Morgan fingerprint density at radius 2 is 0.882 bits per heavy atom. The van der Waals surface area contributed by atoms with Gasteiger partial charge in [0.15, 0.2) is 23.3 Å². The van der Waals surface area contributed by atoms with Gasteiger partial charge < -0.3 is 26.6 Å². The first kappa shape index (κ1) is 32.9. The van der Waals surface area contributed by atoms with Crippen LogP contribution in [-0.2, 0) is 33.0 Å². The van der Waals surface area contributed by atoms with Crippen molar-refractivity contribution >= 4 is 17.6 Å². The van der Waals surface area contributed by atoms with Crippen molar-refractivity contribution < 1.29 is 61.7 Å². The van der Waals surface area contributed by atoms with Gasteiger partial charge in [-0.05, 0) is 12.8 Å².